The van der Waals surface area contributed by atoms with Crippen molar-refractivity contribution in [1.82, 2.24) is 4.48 Å². The minimum absolute atomic E-state index is 0.0239. The van der Waals surface area contributed by atoms with Crippen LogP contribution < -0.4 is 9.62 Å². The van der Waals surface area contributed by atoms with Gasteiger partial charge in [0.2, 0.25) is 11.4 Å². The fraction of sp³-hybridized carbons (Fsp3) is 0.379. The van der Waals surface area contributed by atoms with Crippen molar-refractivity contribution in [1.29, 1.82) is 0 Å². The van der Waals surface area contributed by atoms with Gasteiger partial charge in [0.05, 0.1) is 7.05 Å². The summed E-state index contributed by atoms with van der Waals surface area (Å²) in [6.07, 6.45) is 7.40. The molecule has 0 amide bonds. The summed E-state index contributed by atoms with van der Waals surface area (Å²) in [5.74, 6) is -0.515. The second-order valence-corrected chi connectivity index (χ2v) is 11.8. The van der Waals surface area contributed by atoms with Crippen LogP contribution in [0.5, 0.6) is 0 Å². The standard InChI is InChI=1S/C29H35N3O5S/c1-4-10-22-23(13-9-14-24(22)32(3)19-26(31-20-32)38(30,35)36)27-25(33)18-29(16-5-2,37-28(27)34)17-15-21-11-7-6-8-12-21/h6-9,11-14,19-20H,4-5,10,15-18H2,1-3H3,(H2-,30,33,34,35,36)/p+1. The molecular formula is C29H36N3O5S+. The molecule has 2 aromatic rings. The van der Waals surface area contributed by atoms with E-state index >= 15 is 0 Å². The van der Waals surface area contributed by atoms with Crippen LogP contribution in [0.3, 0.4) is 0 Å². The first-order valence-electron chi connectivity index (χ1n) is 13.0. The van der Waals surface area contributed by atoms with Crippen molar-refractivity contribution in [2.24, 2.45) is 10.1 Å². The van der Waals surface area contributed by atoms with Crippen molar-refractivity contribution < 1.29 is 23.1 Å². The molecule has 3 N–H and O–H groups in total. The summed E-state index contributed by atoms with van der Waals surface area (Å²) >= 11 is 0. The van der Waals surface area contributed by atoms with E-state index in [2.05, 4.69) is 17.1 Å². The Bertz CT molecular complexity index is 1410. The van der Waals surface area contributed by atoms with Gasteiger partial charge in [-0.05, 0) is 31.2 Å². The number of carbonyl (C=O) groups excluding carboxylic acids is 1. The topological polar surface area (TPSA) is 119 Å². The van der Waals surface area contributed by atoms with Crippen LogP contribution >= 0.6 is 0 Å². The summed E-state index contributed by atoms with van der Waals surface area (Å²) in [4.78, 5) is 17.6. The molecule has 2 atom stereocenters. The first-order chi connectivity index (χ1) is 18.0. The lowest BCUT2D eigenvalue weighted by Crippen LogP contribution is -2.41. The number of quaternary nitrogens is 1. The van der Waals surface area contributed by atoms with E-state index < -0.39 is 21.6 Å². The number of aryl methyl sites for hydroxylation is 1. The average molecular weight is 539 g/mol. The summed E-state index contributed by atoms with van der Waals surface area (Å²) in [5.41, 5.74) is 2.70. The number of sulfonamides is 1. The largest absolute Gasteiger partial charge is 0.511 e. The van der Waals surface area contributed by atoms with Gasteiger partial charge in [0.1, 0.15) is 28.8 Å². The first kappa shape index (κ1) is 27.8. The van der Waals surface area contributed by atoms with Crippen molar-refractivity contribution in [3.63, 3.8) is 0 Å². The van der Waals surface area contributed by atoms with Crippen LogP contribution in [-0.4, -0.2) is 38.5 Å². The van der Waals surface area contributed by atoms with E-state index in [0.29, 0.717) is 24.8 Å². The predicted molar refractivity (Wildman–Crippen MR) is 150 cm³/mol. The van der Waals surface area contributed by atoms with Crippen molar-refractivity contribution >= 4 is 33.6 Å². The average Bonchev–Trinajstić information content (AvgIpc) is 3.28. The molecule has 0 spiro atoms. The molecule has 9 heteroatoms. The van der Waals surface area contributed by atoms with Crippen molar-refractivity contribution in [3.05, 3.63) is 82.2 Å². The molecule has 38 heavy (non-hydrogen) atoms. The number of benzene rings is 2. The maximum Gasteiger partial charge on any atom is 0.342 e. The number of esters is 1. The van der Waals surface area contributed by atoms with E-state index in [1.807, 2.05) is 44.2 Å². The maximum absolute atomic E-state index is 13.6. The fourth-order valence-electron chi connectivity index (χ4n) is 5.46. The molecule has 0 aliphatic carbocycles. The Morgan fingerprint density at radius 3 is 2.39 bits per heavy atom. The number of rotatable bonds is 10. The number of nitrogens with zero attached hydrogens (tertiary/aromatic N) is 2. The van der Waals surface area contributed by atoms with Gasteiger partial charge >= 0.3 is 5.97 Å². The summed E-state index contributed by atoms with van der Waals surface area (Å²) in [6, 6.07) is 15.5. The van der Waals surface area contributed by atoms with Crippen molar-refractivity contribution in [3.8, 4) is 0 Å². The zero-order valence-electron chi connectivity index (χ0n) is 22.2. The molecule has 202 valence electrons. The van der Waals surface area contributed by atoms with Gasteiger partial charge in [0.25, 0.3) is 10.0 Å². The van der Waals surface area contributed by atoms with Crippen LogP contribution in [0.4, 0.5) is 5.69 Å². The Hall–Kier alpha value is -3.27. The highest BCUT2D eigenvalue weighted by Crippen LogP contribution is 2.42. The Morgan fingerprint density at radius 1 is 1.05 bits per heavy atom. The maximum atomic E-state index is 13.6. The van der Waals surface area contributed by atoms with Crippen molar-refractivity contribution in [2.45, 2.75) is 64.4 Å². The van der Waals surface area contributed by atoms with E-state index in [0.717, 1.165) is 36.1 Å². The molecule has 0 bridgehead atoms. The molecular weight excluding hydrogens is 502 g/mol. The van der Waals surface area contributed by atoms with Crippen LogP contribution in [0.25, 0.3) is 5.57 Å². The number of carbonyl (C=O) groups is 1. The first-order valence-corrected chi connectivity index (χ1v) is 14.6. The van der Waals surface area contributed by atoms with E-state index in [-0.39, 0.29) is 27.3 Å². The van der Waals surface area contributed by atoms with Crippen LogP contribution in [0.1, 0.15) is 62.6 Å². The molecule has 2 aliphatic rings. The van der Waals surface area contributed by atoms with Crippen LogP contribution in [0.2, 0.25) is 0 Å². The monoisotopic (exact) mass is 538 g/mol. The van der Waals surface area contributed by atoms with Gasteiger partial charge in [-0.3, -0.25) is 0 Å². The number of aliphatic hydroxyl groups is 1. The zero-order valence-corrected chi connectivity index (χ0v) is 23.0. The lowest BCUT2D eigenvalue weighted by molar-refractivity contribution is -0.157. The summed E-state index contributed by atoms with van der Waals surface area (Å²) < 4.78 is 29.9. The second-order valence-electron chi connectivity index (χ2n) is 10.3. The van der Waals surface area contributed by atoms with Gasteiger partial charge in [-0.1, -0.05) is 69.2 Å². The highest BCUT2D eigenvalue weighted by molar-refractivity contribution is 7.93. The SMILES string of the molecule is CCCc1c(C2=C(O)CC(CCC)(CCc3ccccc3)OC2=O)cccc1[N+]1(C)C=NC(S(N)(=O)=O)=C1. The molecule has 0 fully saturated rings. The lowest BCUT2D eigenvalue weighted by atomic mass is 9.82. The Balaban J connectivity index is 1.74. The summed E-state index contributed by atoms with van der Waals surface area (Å²) in [6.45, 7) is 4.07. The Morgan fingerprint density at radius 2 is 1.79 bits per heavy atom. The molecule has 0 saturated heterocycles. The molecule has 2 unspecified atom stereocenters. The fourth-order valence-corrected chi connectivity index (χ4v) is 6.02. The normalized spacial score (nSPS) is 23.5. The third-order valence-corrected chi connectivity index (χ3v) is 8.04. The highest BCUT2D eigenvalue weighted by Gasteiger charge is 2.43. The van der Waals surface area contributed by atoms with Crippen LogP contribution in [-0.2, 0) is 32.4 Å². The number of nitrogens with two attached hydrogens (primary N) is 1. The predicted octanol–water partition coefficient (Wildman–Crippen LogP) is 5.09. The third-order valence-electron chi connectivity index (χ3n) is 7.24. The smallest absolute Gasteiger partial charge is 0.342 e. The molecule has 8 nitrogen and oxygen atoms in total. The van der Waals surface area contributed by atoms with Crippen LogP contribution in [0, 0.1) is 0 Å². The zero-order chi connectivity index (χ0) is 27.6. The number of ether oxygens (including phenoxy) is 1. The molecule has 2 heterocycles. The van der Waals surface area contributed by atoms with Gasteiger partial charge in [-0.15, -0.1) is 0 Å². The number of cyclic esters (lactones) is 1. The number of aliphatic imine (C=N–C) groups is 1. The molecule has 2 aromatic carbocycles. The summed E-state index contributed by atoms with van der Waals surface area (Å²) in [7, 11) is -2.18. The number of aliphatic hydroxyl groups excluding tert-OH is 1. The molecule has 2 aliphatic heterocycles. The van der Waals surface area contributed by atoms with Gasteiger partial charge in [-0.25, -0.2) is 22.8 Å². The molecule has 0 saturated carbocycles. The number of primary sulfonamides is 1. The summed E-state index contributed by atoms with van der Waals surface area (Å²) in [5, 5.41) is 16.5. The van der Waals surface area contributed by atoms with E-state index in [1.54, 1.807) is 13.1 Å². The number of hydrogen-bond donors (Lipinski definition) is 2. The molecule has 0 radical (unpaired) electrons. The third kappa shape index (κ3) is 5.60. The van der Waals surface area contributed by atoms with Crippen molar-refractivity contribution in [2.75, 3.05) is 7.05 Å². The number of hydrogen-bond acceptors (Lipinski definition) is 6. The highest BCUT2D eigenvalue weighted by atomic mass is 32.2. The van der Waals surface area contributed by atoms with Gasteiger partial charge in [0.15, 0.2) is 0 Å². The van der Waals surface area contributed by atoms with Crippen LogP contribution in [0.15, 0.2) is 70.5 Å². The van der Waals surface area contributed by atoms with E-state index in [1.165, 1.54) is 12.5 Å². The Labute approximate surface area is 224 Å². The second kappa shape index (κ2) is 10.8. The van der Waals surface area contributed by atoms with Gasteiger partial charge < -0.3 is 9.84 Å². The van der Waals surface area contributed by atoms with E-state index in [9.17, 15) is 18.3 Å². The van der Waals surface area contributed by atoms with Gasteiger partial charge in [-0.2, -0.15) is 4.99 Å². The Kier molecular flexibility index (Phi) is 7.92. The minimum atomic E-state index is -3.97. The minimum Gasteiger partial charge on any atom is -0.511 e. The van der Waals surface area contributed by atoms with Gasteiger partial charge in [0, 0.05) is 23.6 Å². The lowest BCUT2D eigenvalue weighted by Gasteiger charge is -2.38. The van der Waals surface area contributed by atoms with E-state index in [4.69, 9.17) is 9.88 Å². The molecule has 4 rings (SSSR count). The quantitative estimate of drug-likeness (QED) is 0.322. The molecule has 0 aromatic heterocycles.